The molecule has 2 heterocycles. The van der Waals surface area contributed by atoms with Gasteiger partial charge in [-0.25, -0.2) is 9.78 Å². The summed E-state index contributed by atoms with van der Waals surface area (Å²) in [4.78, 5) is 27.3. The van der Waals surface area contributed by atoms with E-state index in [-0.39, 0.29) is 11.3 Å². The highest BCUT2D eigenvalue weighted by Crippen LogP contribution is 2.13. The van der Waals surface area contributed by atoms with Crippen molar-refractivity contribution in [1.82, 2.24) is 9.38 Å². The topological polar surface area (TPSA) is 71.7 Å². The fourth-order valence-electron chi connectivity index (χ4n) is 2.01. The first-order valence-electron chi connectivity index (χ1n) is 5.97. The zero-order valence-electron chi connectivity index (χ0n) is 10.4. The molecule has 5 nitrogen and oxygen atoms in total. The minimum atomic E-state index is -1.01. The highest BCUT2D eigenvalue weighted by Gasteiger charge is 2.14. The maximum atomic E-state index is 12.4. The van der Waals surface area contributed by atoms with Crippen LogP contribution in [0, 0.1) is 0 Å². The molecule has 3 rings (SSSR count). The van der Waals surface area contributed by atoms with Crippen LogP contribution in [0.4, 0.5) is 0 Å². The quantitative estimate of drug-likeness (QED) is 0.738. The minimum absolute atomic E-state index is 0.152. The van der Waals surface area contributed by atoms with Gasteiger partial charge in [0.25, 0.3) is 0 Å². The highest BCUT2D eigenvalue weighted by atomic mass is 16.4. The van der Waals surface area contributed by atoms with E-state index >= 15 is 0 Å². The second-order valence-electron chi connectivity index (χ2n) is 4.28. The molecule has 0 aliphatic heterocycles. The number of benzene rings is 1. The average Bonchev–Trinajstić information content (AvgIpc) is 2.90. The average molecular weight is 266 g/mol. The first-order valence-corrected chi connectivity index (χ1v) is 5.97. The van der Waals surface area contributed by atoms with E-state index in [1.165, 1.54) is 30.5 Å². The zero-order valence-corrected chi connectivity index (χ0v) is 10.4. The number of carboxylic acids is 1. The van der Waals surface area contributed by atoms with Crippen LogP contribution in [0.3, 0.4) is 0 Å². The van der Waals surface area contributed by atoms with E-state index in [2.05, 4.69) is 4.98 Å². The number of carboxylic acid groups (broad SMARTS) is 1. The van der Waals surface area contributed by atoms with Gasteiger partial charge in [0.1, 0.15) is 11.3 Å². The molecular formula is C15H10N2O3. The first kappa shape index (κ1) is 12.1. The van der Waals surface area contributed by atoms with Crippen molar-refractivity contribution in [2.75, 3.05) is 0 Å². The van der Waals surface area contributed by atoms with Gasteiger partial charge < -0.3 is 5.11 Å². The Morgan fingerprint density at radius 2 is 1.70 bits per heavy atom. The Bertz CT molecular complexity index is 803. The summed E-state index contributed by atoms with van der Waals surface area (Å²) in [7, 11) is 0. The van der Waals surface area contributed by atoms with Gasteiger partial charge in [-0.2, -0.15) is 0 Å². The van der Waals surface area contributed by atoms with Gasteiger partial charge in [0.15, 0.2) is 0 Å². The molecule has 3 aromatic rings. The summed E-state index contributed by atoms with van der Waals surface area (Å²) in [6, 6.07) is 11.3. The van der Waals surface area contributed by atoms with Crippen LogP contribution in [0.2, 0.25) is 0 Å². The number of hydrogen-bond acceptors (Lipinski definition) is 3. The van der Waals surface area contributed by atoms with Crippen LogP contribution in [0.25, 0.3) is 5.65 Å². The van der Waals surface area contributed by atoms with E-state index < -0.39 is 5.97 Å². The molecule has 0 amide bonds. The fraction of sp³-hybridized carbons (Fsp3) is 0. The summed E-state index contributed by atoms with van der Waals surface area (Å²) >= 11 is 0. The smallest absolute Gasteiger partial charge is 0.335 e. The van der Waals surface area contributed by atoms with Crippen molar-refractivity contribution in [1.29, 1.82) is 0 Å². The third kappa shape index (κ3) is 1.95. The Morgan fingerprint density at radius 1 is 1.00 bits per heavy atom. The van der Waals surface area contributed by atoms with Gasteiger partial charge in [-0.3, -0.25) is 9.20 Å². The number of rotatable bonds is 3. The van der Waals surface area contributed by atoms with E-state index in [9.17, 15) is 9.59 Å². The predicted octanol–water partition coefficient (Wildman–Crippen LogP) is 2.26. The van der Waals surface area contributed by atoms with Crippen LogP contribution in [0.5, 0.6) is 0 Å². The minimum Gasteiger partial charge on any atom is -0.478 e. The van der Waals surface area contributed by atoms with Gasteiger partial charge in [0.05, 0.1) is 11.8 Å². The lowest BCUT2D eigenvalue weighted by atomic mass is 10.1. The Morgan fingerprint density at radius 3 is 2.40 bits per heavy atom. The van der Waals surface area contributed by atoms with E-state index in [0.717, 1.165) is 0 Å². The van der Waals surface area contributed by atoms with Crippen molar-refractivity contribution >= 4 is 17.4 Å². The molecule has 0 saturated carbocycles. The lowest BCUT2D eigenvalue weighted by molar-refractivity contribution is 0.0696. The van der Waals surface area contributed by atoms with Crippen LogP contribution in [-0.4, -0.2) is 26.2 Å². The number of nitrogens with zero attached hydrogens (tertiary/aromatic N) is 2. The molecular weight excluding hydrogens is 256 g/mol. The summed E-state index contributed by atoms with van der Waals surface area (Å²) in [5, 5.41) is 8.84. The van der Waals surface area contributed by atoms with Crippen molar-refractivity contribution < 1.29 is 14.7 Å². The maximum Gasteiger partial charge on any atom is 0.335 e. The lowest BCUT2D eigenvalue weighted by Gasteiger charge is -2.02. The summed E-state index contributed by atoms with van der Waals surface area (Å²) in [6.45, 7) is 0. The largest absolute Gasteiger partial charge is 0.478 e. The molecule has 20 heavy (non-hydrogen) atoms. The third-order valence-corrected chi connectivity index (χ3v) is 3.04. The number of pyridine rings is 1. The Hall–Kier alpha value is -2.95. The number of carbonyl (C=O) groups excluding carboxylic acids is 1. The van der Waals surface area contributed by atoms with Crippen LogP contribution < -0.4 is 0 Å². The molecule has 0 saturated heterocycles. The molecule has 0 fully saturated rings. The third-order valence-electron chi connectivity index (χ3n) is 3.04. The second kappa shape index (κ2) is 4.62. The molecule has 1 aromatic carbocycles. The Balaban J connectivity index is 2.02. The Labute approximate surface area is 114 Å². The van der Waals surface area contributed by atoms with Gasteiger partial charge in [0, 0.05) is 11.8 Å². The number of ketones is 1. The van der Waals surface area contributed by atoms with Crippen molar-refractivity contribution in [3.8, 4) is 0 Å². The van der Waals surface area contributed by atoms with E-state index in [1.807, 2.05) is 18.2 Å². The zero-order chi connectivity index (χ0) is 14.1. The van der Waals surface area contributed by atoms with Crippen molar-refractivity contribution in [3.63, 3.8) is 0 Å². The van der Waals surface area contributed by atoms with Gasteiger partial charge in [0.2, 0.25) is 5.78 Å². The summed E-state index contributed by atoms with van der Waals surface area (Å²) in [5.74, 6) is -1.21. The molecule has 2 aromatic heterocycles. The van der Waals surface area contributed by atoms with E-state index in [4.69, 9.17) is 5.11 Å². The van der Waals surface area contributed by atoms with Crippen LogP contribution in [-0.2, 0) is 0 Å². The molecule has 0 aliphatic carbocycles. The molecule has 0 radical (unpaired) electrons. The molecule has 98 valence electrons. The predicted molar refractivity (Wildman–Crippen MR) is 72.0 cm³/mol. The maximum absolute atomic E-state index is 12.4. The van der Waals surface area contributed by atoms with Crippen molar-refractivity contribution in [2.45, 2.75) is 0 Å². The normalized spacial score (nSPS) is 10.6. The monoisotopic (exact) mass is 266 g/mol. The number of imidazole rings is 1. The summed E-state index contributed by atoms with van der Waals surface area (Å²) < 4.78 is 1.70. The molecule has 0 atom stereocenters. The number of aromatic carboxylic acids is 1. The fourth-order valence-corrected chi connectivity index (χ4v) is 2.01. The van der Waals surface area contributed by atoms with Crippen LogP contribution >= 0.6 is 0 Å². The van der Waals surface area contributed by atoms with Gasteiger partial charge >= 0.3 is 5.97 Å². The van der Waals surface area contributed by atoms with Gasteiger partial charge in [-0.05, 0) is 24.3 Å². The van der Waals surface area contributed by atoms with Crippen molar-refractivity contribution in [2.24, 2.45) is 0 Å². The van der Waals surface area contributed by atoms with E-state index in [0.29, 0.717) is 16.9 Å². The molecule has 0 unspecified atom stereocenters. The van der Waals surface area contributed by atoms with Gasteiger partial charge in [-0.1, -0.05) is 18.2 Å². The van der Waals surface area contributed by atoms with Crippen LogP contribution in [0.1, 0.15) is 26.4 Å². The summed E-state index contributed by atoms with van der Waals surface area (Å²) in [5.41, 5.74) is 1.72. The van der Waals surface area contributed by atoms with Crippen molar-refractivity contribution in [3.05, 3.63) is 71.7 Å². The number of carbonyl (C=O) groups is 2. The number of aromatic nitrogens is 2. The highest BCUT2D eigenvalue weighted by molar-refractivity contribution is 6.08. The standard InChI is InChI=1S/C15H10N2O3/c18-14(10-4-6-11(7-5-10)15(19)20)12-9-16-13-3-1-2-8-17(12)13/h1-9H,(H,19,20). The molecule has 0 aliphatic rings. The molecule has 5 heteroatoms. The Kier molecular flexibility index (Phi) is 2.80. The summed E-state index contributed by atoms with van der Waals surface area (Å²) in [6.07, 6.45) is 3.28. The molecule has 0 spiro atoms. The SMILES string of the molecule is O=C(O)c1ccc(C(=O)c2cnc3ccccn23)cc1. The van der Waals surface area contributed by atoms with Gasteiger partial charge in [-0.15, -0.1) is 0 Å². The van der Waals surface area contributed by atoms with Crippen LogP contribution in [0.15, 0.2) is 54.9 Å². The second-order valence-corrected chi connectivity index (χ2v) is 4.28. The number of hydrogen-bond donors (Lipinski definition) is 1. The first-order chi connectivity index (χ1) is 9.66. The lowest BCUT2D eigenvalue weighted by Crippen LogP contribution is -2.05. The number of fused-ring (bicyclic) bond motifs is 1. The van der Waals surface area contributed by atoms with E-state index in [1.54, 1.807) is 10.6 Å². The molecule has 0 bridgehead atoms. The molecule has 1 N–H and O–H groups in total.